The fourth-order valence-electron chi connectivity index (χ4n) is 4.29. The molecule has 1 fully saturated rings. The van der Waals surface area contributed by atoms with E-state index in [9.17, 15) is 4.79 Å². The van der Waals surface area contributed by atoms with E-state index in [1.807, 2.05) is 42.7 Å². The Morgan fingerprint density at radius 3 is 2.97 bits per heavy atom. The summed E-state index contributed by atoms with van der Waals surface area (Å²) in [4.78, 5) is 23.7. The fraction of sp³-hybridized carbons (Fsp3) is 0.304. The average Bonchev–Trinajstić information content (AvgIpc) is 3.50. The quantitative estimate of drug-likeness (QED) is 0.590. The molecule has 0 bridgehead atoms. The Balaban J connectivity index is 1.39. The molecule has 2 aliphatic heterocycles. The summed E-state index contributed by atoms with van der Waals surface area (Å²) < 4.78 is 0. The van der Waals surface area contributed by atoms with Crippen LogP contribution in [0.4, 0.5) is 5.69 Å². The third kappa shape index (κ3) is 3.82. The SMILES string of the molecule is O=C(NC(c1ccccc1)[C@H]1CCCN1)C1=CN(c2ccnc3[nH]ccc23)CCS1. The van der Waals surface area contributed by atoms with Crippen LogP contribution >= 0.6 is 11.8 Å². The molecule has 2 aliphatic rings. The van der Waals surface area contributed by atoms with Crippen LogP contribution in [0.1, 0.15) is 24.4 Å². The summed E-state index contributed by atoms with van der Waals surface area (Å²) in [6, 6.07) is 14.5. The van der Waals surface area contributed by atoms with Crippen LogP contribution in [0.25, 0.3) is 11.0 Å². The summed E-state index contributed by atoms with van der Waals surface area (Å²) in [6.07, 6.45) is 7.90. The van der Waals surface area contributed by atoms with Gasteiger partial charge in [-0.3, -0.25) is 4.79 Å². The smallest absolute Gasteiger partial charge is 0.259 e. The summed E-state index contributed by atoms with van der Waals surface area (Å²) in [5.41, 5.74) is 3.08. The molecule has 1 aromatic carbocycles. The molecule has 5 rings (SSSR count). The second-order valence-corrected chi connectivity index (χ2v) is 8.81. The number of fused-ring (bicyclic) bond motifs is 1. The number of amides is 1. The topological polar surface area (TPSA) is 73.1 Å². The molecule has 6 nitrogen and oxygen atoms in total. The number of pyridine rings is 1. The van der Waals surface area contributed by atoms with E-state index in [1.165, 1.54) is 0 Å². The van der Waals surface area contributed by atoms with E-state index in [-0.39, 0.29) is 18.0 Å². The van der Waals surface area contributed by atoms with Crippen LogP contribution in [-0.2, 0) is 4.79 Å². The number of nitrogens with zero attached hydrogens (tertiary/aromatic N) is 2. The minimum absolute atomic E-state index is 0.00776. The molecule has 2 aromatic heterocycles. The van der Waals surface area contributed by atoms with Crippen molar-refractivity contribution in [1.82, 2.24) is 20.6 Å². The van der Waals surface area contributed by atoms with Crippen LogP contribution in [0.2, 0.25) is 0 Å². The highest BCUT2D eigenvalue weighted by Crippen LogP contribution is 2.31. The Hall–Kier alpha value is -2.77. The fourth-order valence-corrected chi connectivity index (χ4v) is 5.19. The van der Waals surface area contributed by atoms with Crippen molar-refractivity contribution in [2.45, 2.75) is 24.9 Å². The minimum atomic E-state index is -0.0321. The lowest BCUT2D eigenvalue weighted by Crippen LogP contribution is -2.41. The number of H-pyrrole nitrogens is 1. The normalized spacial score (nSPS) is 20.2. The van der Waals surface area contributed by atoms with Crippen LogP contribution in [0.3, 0.4) is 0 Å². The van der Waals surface area contributed by atoms with Crippen molar-refractivity contribution >= 4 is 34.4 Å². The molecule has 2 atom stereocenters. The number of hydrogen-bond acceptors (Lipinski definition) is 5. The second kappa shape index (κ2) is 8.53. The number of carbonyl (C=O) groups excluding carboxylic acids is 1. The van der Waals surface area contributed by atoms with Gasteiger partial charge in [-0.05, 0) is 37.1 Å². The highest BCUT2D eigenvalue weighted by Gasteiger charge is 2.29. The summed E-state index contributed by atoms with van der Waals surface area (Å²) in [6.45, 7) is 1.86. The first-order chi connectivity index (χ1) is 14.8. The third-order valence-corrected chi connectivity index (χ3v) is 6.77. The van der Waals surface area contributed by atoms with E-state index in [0.29, 0.717) is 0 Å². The summed E-state index contributed by atoms with van der Waals surface area (Å²) in [7, 11) is 0. The second-order valence-electron chi connectivity index (χ2n) is 7.67. The Morgan fingerprint density at radius 1 is 1.23 bits per heavy atom. The largest absolute Gasteiger partial charge is 0.346 e. The number of aromatic amines is 1. The predicted molar refractivity (Wildman–Crippen MR) is 122 cm³/mol. The third-order valence-electron chi connectivity index (χ3n) is 5.78. The molecular formula is C23H25N5OS. The van der Waals surface area contributed by atoms with Gasteiger partial charge in [0.05, 0.1) is 16.6 Å². The highest BCUT2D eigenvalue weighted by atomic mass is 32.2. The standard InChI is InChI=1S/C23H25N5OS/c29-23(27-21(18-7-4-10-24-18)16-5-2-1-3-6-16)20-15-28(13-14-30-20)19-9-12-26-22-17(19)8-11-25-22/h1-3,5-6,8-9,11-12,15,18,21,24H,4,7,10,13-14H2,(H,25,26)(H,27,29)/t18-,21?/m1/s1. The summed E-state index contributed by atoms with van der Waals surface area (Å²) in [5.74, 6) is 0.858. The van der Waals surface area contributed by atoms with Crippen molar-refractivity contribution < 1.29 is 4.79 Å². The minimum Gasteiger partial charge on any atom is -0.346 e. The molecule has 154 valence electrons. The lowest BCUT2D eigenvalue weighted by molar-refractivity contribution is -0.117. The van der Waals surface area contributed by atoms with E-state index in [1.54, 1.807) is 18.0 Å². The van der Waals surface area contributed by atoms with Gasteiger partial charge in [-0.1, -0.05) is 30.3 Å². The van der Waals surface area contributed by atoms with Gasteiger partial charge < -0.3 is 20.5 Å². The maximum absolute atomic E-state index is 13.3. The van der Waals surface area contributed by atoms with Crippen LogP contribution in [0.5, 0.6) is 0 Å². The van der Waals surface area contributed by atoms with Gasteiger partial charge in [0.1, 0.15) is 5.65 Å². The molecule has 30 heavy (non-hydrogen) atoms. The predicted octanol–water partition coefficient (Wildman–Crippen LogP) is 3.57. The number of aromatic nitrogens is 2. The first-order valence-electron chi connectivity index (χ1n) is 10.4. The molecule has 1 saturated heterocycles. The zero-order valence-electron chi connectivity index (χ0n) is 16.7. The summed E-state index contributed by atoms with van der Waals surface area (Å²) in [5, 5.41) is 7.93. The van der Waals surface area contributed by atoms with Crippen LogP contribution < -0.4 is 15.5 Å². The number of anilines is 1. The van der Waals surface area contributed by atoms with Gasteiger partial charge in [-0.2, -0.15) is 0 Å². The average molecular weight is 420 g/mol. The molecule has 0 spiro atoms. The van der Waals surface area contributed by atoms with Gasteiger partial charge >= 0.3 is 0 Å². The highest BCUT2D eigenvalue weighted by molar-refractivity contribution is 8.04. The van der Waals surface area contributed by atoms with Gasteiger partial charge in [0, 0.05) is 42.3 Å². The van der Waals surface area contributed by atoms with E-state index in [4.69, 9.17) is 0 Å². The summed E-state index contributed by atoms with van der Waals surface area (Å²) >= 11 is 1.62. The van der Waals surface area contributed by atoms with Crippen molar-refractivity contribution in [1.29, 1.82) is 0 Å². The molecular weight excluding hydrogens is 394 g/mol. The molecule has 0 saturated carbocycles. The molecule has 1 unspecified atom stereocenters. The van der Waals surface area contributed by atoms with E-state index >= 15 is 0 Å². The van der Waals surface area contributed by atoms with Gasteiger partial charge in [0.15, 0.2) is 0 Å². The number of thioether (sulfide) groups is 1. The Bertz CT molecular complexity index is 1060. The van der Waals surface area contributed by atoms with Gasteiger partial charge in [0.25, 0.3) is 5.91 Å². The van der Waals surface area contributed by atoms with Crippen molar-refractivity contribution in [2.75, 3.05) is 23.7 Å². The Kier molecular flexibility index (Phi) is 5.46. The Morgan fingerprint density at radius 2 is 2.13 bits per heavy atom. The number of benzene rings is 1. The van der Waals surface area contributed by atoms with Gasteiger partial charge in [0.2, 0.25) is 0 Å². The maximum Gasteiger partial charge on any atom is 0.259 e. The molecule has 0 radical (unpaired) electrons. The lowest BCUT2D eigenvalue weighted by Gasteiger charge is -2.29. The van der Waals surface area contributed by atoms with E-state index in [2.05, 4.69) is 37.6 Å². The lowest BCUT2D eigenvalue weighted by atomic mass is 9.98. The maximum atomic E-state index is 13.3. The van der Waals surface area contributed by atoms with Crippen molar-refractivity contribution in [3.05, 3.63) is 71.5 Å². The zero-order valence-corrected chi connectivity index (χ0v) is 17.5. The van der Waals surface area contributed by atoms with Gasteiger partial charge in [-0.15, -0.1) is 11.8 Å². The number of hydrogen-bond donors (Lipinski definition) is 3. The number of rotatable bonds is 5. The Labute approximate surface area is 180 Å². The molecule has 1 amide bonds. The van der Waals surface area contributed by atoms with Crippen molar-refractivity contribution in [2.24, 2.45) is 0 Å². The van der Waals surface area contributed by atoms with Crippen molar-refractivity contribution in [3.8, 4) is 0 Å². The molecule has 0 aliphatic carbocycles. The van der Waals surface area contributed by atoms with Crippen LogP contribution in [0.15, 0.2) is 66.0 Å². The molecule has 7 heteroatoms. The van der Waals surface area contributed by atoms with E-state index in [0.717, 1.165) is 58.9 Å². The first-order valence-corrected chi connectivity index (χ1v) is 11.4. The molecule has 3 N–H and O–H groups in total. The van der Waals surface area contributed by atoms with Crippen molar-refractivity contribution in [3.63, 3.8) is 0 Å². The van der Waals surface area contributed by atoms with Crippen LogP contribution in [0, 0.1) is 0 Å². The van der Waals surface area contributed by atoms with E-state index < -0.39 is 0 Å². The monoisotopic (exact) mass is 419 g/mol. The number of nitrogens with one attached hydrogen (secondary N) is 3. The molecule has 3 aromatic rings. The van der Waals surface area contributed by atoms with Crippen LogP contribution in [-0.4, -0.2) is 40.8 Å². The van der Waals surface area contributed by atoms with Gasteiger partial charge in [-0.25, -0.2) is 4.98 Å². The first kappa shape index (κ1) is 19.2. The number of carbonyl (C=O) groups is 1. The molecule has 4 heterocycles. The zero-order chi connectivity index (χ0) is 20.3.